The summed E-state index contributed by atoms with van der Waals surface area (Å²) in [7, 11) is 2.96. The van der Waals surface area contributed by atoms with E-state index in [2.05, 4.69) is 16.9 Å². The van der Waals surface area contributed by atoms with Crippen molar-refractivity contribution in [3.8, 4) is 11.5 Å². The molecule has 2 N–H and O–H groups in total. The highest BCUT2D eigenvalue weighted by Gasteiger charge is 2.47. The molecule has 3 aliphatic rings. The first-order valence-electron chi connectivity index (χ1n) is 15.3. The lowest BCUT2D eigenvalue weighted by molar-refractivity contribution is -0.195. The number of aryl methyl sites for hydroxylation is 1. The molecule has 1 aromatic heterocycles. The van der Waals surface area contributed by atoms with Gasteiger partial charge in [-0.2, -0.15) is 0 Å². The van der Waals surface area contributed by atoms with Gasteiger partial charge in [-0.3, -0.25) is 9.59 Å². The number of carboxylic acid groups (broad SMARTS) is 1. The maximum absolute atomic E-state index is 13.9. The van der Waals surface area contributed by atoms with Crippen molar-refractivity contribution >= 4 is 35.4 Å². The van der Waals surface area contributed by atoms with E-state index < -0.39 is 30.6 Å². The normalized spacial score (nSPS) is 20.7. The summed E-state index contributed by atoms with van der Waals surface area (Å²) in [6.07, 6.45) is 4.94. The van der Waals surface area contributed by atoms with Crippen LogP contribution in [-0.4, -0.2) is 95.5 Å². The fourth-order valence-corrected chi connectivity index (χ4v) is 5.87. The van der Waals surface area contributed by atoms with Gasteiger partial charge in [0.2, 0.25) is 11.7 Å². The van der Waals surface area contributed by atoms with E-state index in [1.807, 2.05) is 0 Å². The number of methoxy groups -OCH3 is 1. The Balaban J connectivity index is 1.37. The lowest BCUT2D eigenvalue weighted by Gasteiger charge is -2.38. The zero-order valence-electron chi connectivity index (χ0n) is 25.9. The molecular weight excluding hydrogens is 602 g/mol. The van der Waals surface area contributed by atoms with Crippen molar-refractivity contribution in [3.05, 3.63) is 42.4 Å². The molecule has 15 heteroatoms. The number of imidazole rings is 1. The Kier molecular flexibility index (Phi) is 10.4. The van der Waals surface area contributed by atoms with Crippen LogP contribution in [0.5, 0.6) is 11.5 Å². The minimum atomic E-state index is -1.21. The van der Waals surface area contributed by atoms with E-state index >= 15 is 0 Å². The van der Waals surface area contributed by atoms with Gasteiger partial charge in [-0.05, 0) is 44.6 Å². The number of aromatic carboxylic acids is 1. The number of aromatic nitrogens is 2. The number of amides is 3. The van der Waals surface area contributed by atoms with Crippen LogP contribution in [-0.2, 0) is 26.1 Å². The van der Waals surface area contributed by atoms with Crippen molar-refractivity contribution in [2.45, 2.75) is 63.5 Å². The second-order valence-electron chi connectivity index (χ2n) is 11.2. The topological polar surface area (TPSA) is 171 Å². The molecule has 2 saturated heterocycles. The van der Waals surface area contributed by atoms with Crippen molar-refractivity contribution < 1.29 is 48.0 Å². The summed E-state index contributed by atoms with van der Waals surface area (Å²) in [5, 5.41) is 11.7. The van der Waals surface area contributed by atoms with Crippen molar-refractivity contribution in [3.63, 3.8) is 0 Å². The number of ether oxygens (including phenoxy) is 5. The van der Waals surface area contributed by atoms with E-state index in [-0.39, 0.29) is 72.3 Å². The molecule has 3 aliphatic heterocycles. The molecule has 46 heavy (non-hydrogen) atoms. The molecule has 0 spiro atoms. The number of carbonyl (C=O) groups is 4. The zero-order chi connectivity index (χ0) is 32.8. The van der Waals surface area contributed by atoms with Crippen molar-refractivity contribution in [1.29, 1.82) is 0 Å². The quantitative estimate of drug-likeness (QED) is 0.257. The first-order valence-corrected chi connectivity index (χ1v) is 15.3. The molecule has 0 radical (unpaired) electrons. The largest absolute Gasteiger partial charge is 0.493 e. The highest BCUT2D eigenvalue weighted by atomic mass is 16.7. The molecule has 15 nitrogen and oxygen atoms in total. The van der Waals surface area contributed by atoms with Crippen molar-refractivity contribution in [2.75, 3.05) is 43.7 Å². The van der Waals surface area contributed by atoms with E-state index in [0.29, 0.717) is 26.0 Å². The number of carbonyl (C=O) groups excluding carboxylic acids is 3. The number of hydrogen-bond acceptors (Lipinski definition) is 10. The molecule has 0 saturated carbocycles. The molecule has 5 rings (SSSR count). The molecular formula is C31H39N5O10. The first kappa shape index (κ1) is 32.8. The molecule has 2 unspecified atom stereocenters. The molecule has 3 amide bonds. The minimum absolute atomic E-state index is 0.0443. The SMILES string of the molecule is C=CCOC(=O)N1c2cc(OCCCC(=O)Nc3cn(C)c(C(=O)O)n3)c(OC)cc2C(=O)N2CCC[C@H]2C1OC1CCCCO1. The second kappa shape index (κ2) is 14.6. The van der Waals surface area contributed by atoms with Gasteiger partial charge in [-0.1, -0.05) is 12.7 Å². The summed E-state index contributed by atoms with van der Waals surface area (Å²) in [6, 6.07) is 2.67. The maximum atomic E-state index is 13.9. The van der Waals surface area contributed by atoms with Gasteiger partial charge in [0.25, 0.3) is 5.91 Å². The lowest BCUT2D eigenvalue weighted by Crippen LogP contribution is -2.54. The van der Waals surface area contributed by atoms with Gasteiger partial charge in [0.1, 0.15) is 6.61 Å². The molecule has 3 atom stereocenters. The highest BCUT2D eigenvalue weighted by molar-refractivity contribution is 6.06. The number of nitrogens with zero attached hydrogens (tertiary/aromatic N) is 4. The molecule has 0 bridgehead atoms. The number of rotatable bonds is 12. The monoisotopic (exact) mass is 641 g/mol. The fraction of sp³-hybridized carbons (Fsp3) is 0.516. The van der Waals surface area contributed by atoms with Crippen LogP contribution in [0.3, 0.4) is 0 Å². The lowest BCUT2D eigenvalue weighted by atomic mass is 10.1. The smallest absolute Gasteiger partial charge is 0.416 e. The van der Waals surface area contributed by atoms with Crippen LogP contribution in [0.4, 0.5) is 16.3 Å². The van der Waals surface area contributed by atoms with Crippen LogP contribution in [0.25, 0.3) is 0 Å². The summed E-state index contributed by atoms with van der Waals surface area (Å²) in [5.74, 6) is -1.40. The number of benzene rings is 1. The molecule has 248 valence electrons. The van der Waals surface area contributed by atoms with Crippen LogP contribution in [0.15, 0.2) is 31.0 Å². The van der Waals surface area contributed by atoms with Crippen molar-refractivity contribution in [2.24, 2.45) is 7.05 Å². The van der Waals surface area contributed by atoms with E-state index in [0.717, 1.165) is 19.3 Å². The highest BCUT2D eigenvalue weighted by Crippen LogP contribution is 2.42. The average molecular weight is 642 g/mol. The Labute approximate surface area is 266 Å². The Morgan fingerprint density at radius 3 is 2.72 bits per heavy atom. The molecule has 4 heterocycles. The first-order chi connectivity index (χ1) is 22.2. The van der Waals surface area contributed by atoms with Crippen LogP contribution in [0.1, 0.15) is 65.9 Å². The Bertz CT molecular complexity index is 1470. The molecule has 1 aromatic carbocycles. The van der Waals surface area contributed by atoms with Gasteiger partial charge in [0.05, 0.1) is 31.0 Å². The summed E-state index contributed by atoms with van der Waals surface area (Å²) in [6.45, 7) is 4.73. The van der Waals surface area contributed by atoms with E-state index in [1.165, 1.54) is 35.9 Å². The molecule has 0 aliphatic carbocycles. The number of nitrogens with one attached hydrogen (secondary N) is 1. The third-order valence-electron chi connectivity index (χ3n) is 8.01. The standard InChI is InChI=1S/C31H39N5O10/c1-4-13-45-31(41)36-21-17-23(43-15-8-10-25(37)32-24-18-34(2)27(33-24)30(39)40)22(42-3)16-19(21)28(38)35-12-7-9-20(35)29(36)46-26-11-5-6-14-44-26/h4,16-18,20,26,29H,1,5-15H2,2-3H3,(H,32,37)(H,39,40)/t20-,26?,29?/m0/s1. The molecule has 2 fully saturated rings. The van der Waals surface area contributed by atoms with E-state index in [9.17, 15) is 19.2 Å². The van der Waals surface area contributed by atoms with Crippen LogP contribution in [0.2, 0.25) is 0 Å². The van der Waals surface area contributed by atoms with Crippen LogP contribution in [0, 0.1) is 0 Å². The Morgan fingerprint density at radius 2 is 2.02 bits per heavy atom. The summed E-state index contributed by atoms with van der Waals surface area (Å²) < 4.78 is 30.7. The summed E-state index contributed by atoms with van der Waals surface area (Å²) in [5.41, 5.74) is 0.477. The fourth-order valence-electron chi connectivity index (χ4n) is 5.87. The number of carboxylic acids is 1. The van der Waals surface area contributed by atoms with Gasteiger partial charge in [0.15, 0.2) is 29.8 Å². The minimum Gasteiger partial charge on any atom is -0.493 e. The second-order valence-corrected chi connectivity index (χ2v) is 11.2. The number of fused-ring (bicyclic) bond motifs is 2. The Hall–Kier alpha value is -4.63. The Morgan fingerprint density at radius 1 is 1.20 bits per heavy atom. The predicted molar refractivity (Wildman–Crippen MR) is 163 cm³/mol. The zero-order valence-corrected chi connectivity index (χ0v) is 25.9. The molecule has 2 aromatic rings. The van der Waals surface area contributed by atoms with Gasteiger partial charge in [-0.15, -0.1) is 0 Å². The van der Waals surface area contributed by atoms with Gasteiger partial charge < -0.3 is 43.6 Å². The van der Waals surface area contributed by atoms with Crippen LogP contribution < -0.4 is 19.7 Å². The van der Waals surface area contributed by atoms with E-state index in [4.69, 9.17) is 28.8 Å². The third-order valence-corrected chi connectivity index (χ3v) is 8.01. The van der Waals surface area contributed by atoms with Gasteiger partial charge in [-0.25, -0.2) is 19.5 Å². The summed E-state index contributed by atoms with van der Waals surface area (Å²) in [4.78, 5) is 58.3. The number of hydrogen-bond donors (Lipinski definition) is 2. The maximum Gasteiger partial charge on any atom is 0.416 e. The van der Waals surface area contributed by atoms with Gasteiger partial charge >= 0.3 is 12.1 Å². The average Bonchev–Trinajstić information content (AvgIpc) is 3.66. The third kappa shape index (κ3) is 7.10. The van der Waals surface area contributed by atoms with Crippen LogP contribution >= 0.6 is 0 Å². The predicted octanol–water partition coefficient (Wildman–Crippen LogP) is 3.54. The van der Waals surface area contributed by atoms with Gasteiger partial charge in [0, 0.05) is 38.9 Å². The van der Waals surface area contributed by atoms with E-state index in [1.54, 1.807) is 17.0 Å². The summed E-state index contributed by atoms with van der Waals surface area (Å²) >= 11 is 0. The number of anilines is 2. The van der Waals surface area contributed by atoms with Crippen molar-refractivity contribution in [1.82, 2.24) is 14.5 Å².